The molecule has 2 N–H and O–H groups in total. The highest BCUT2D eigenvalue weighted by Crippen LogP contribution is 2.42. The van der Waals surface area contributed by atoms with Gasteiger partial charge in [-0.1, -0.05) is 26.0 Å². The zero-order valence-electron chi connectivity index (χ0n) is 20.1. The Morgan fingerprint density at radius 2 is 1.97 bits per heavy atom. The van der Waals surface area contributed by atoms with Crippen molar-refractivity contribution in [3.05, 3.63) is 36.0 Å². The number of rotatable bonds is 7. The van der Waals surface area contributed by atoms with Crippen LogP contribution in [0.2, 0.25) is 0 Å². The predicted molar refractivity (Wildman–Crippen MR) is 137 cm³/mol. The number of aryl methyl sites for hydroxylation is 1. The summed E-state index contributed by atoms with van der Waals surface area (Å²) in [7, 11) is 6.24. The summed E-state index contributed by atoms with van der Waals surface area (Å²) in [5.74, 6) is 1.86. The first-order chi connectivity index (χ1) is 15.3. The van der Waals surface area contributed by atoms with Gasteiger partial charge in [0.25, 0.3) is 0 Å². The molecule has 0 amide bonds. The Kier molecular flexibility index (Phi) is 7.05. The quantitative estimate of drug-likeness (QED) is 0.625. The smallest absolute Gasteiger partial charge is 0.166 e. The van der Waals surface area contributed by atoms with E-state index >= 15 is 0 Å². The third-order valence-electron chi connectivity index (χ3n) is 7.02. The van der Waals surface area contributed by atoms with Crippen LogP contribution in [0.1, 0.15) is 38.3 Å². The van der Waals surface area contributed by atoms with Crippen molar-refractivity contribution in [3.8, 4) is 11.3 Å². The highest BCUT2D eigenvalue weighted by atomic mass is 32.1. The van der Waals surface area contributed by atoms with E-state index in [0.717, 1.165) is 30.4 Å². The number of thiocarbonyl (C=S) groups is 1. The monoisotopic (exact) mass is 454 g/mol. The van der Waals surface area contributed by atoms with Gasteiger partial charge in [0.15, 0.2) is 5.11 Å². The molecule has 1 aromatic heterocycles. The molecule has 3 saturated heterocycles. The van der Waals surface area contributed by atoms with Crippen molar-refractivity contribution in [2.75, 3.05) is 45.2 Å². The van der Waals surface area contributed by atoms with E-state index in [1.54, 1.807) is 0 Å². The number of nitrogens with one attached hydrogen (secondary N) is 2. The van der Waals surface area contributed by atoms with Gasteiger partial charge in [0, 0.05) is 69.7 Å². The van der Waals surface area contributed by atoms with Crippen molar-refractivity contribution in [2.24, 2.45) is 18.9 Å². The molecule has 3 aliphatic heterocycles. The third-order valence-corrected chi connectivity index (χ3v) is 7.31. The summed E-state index contributed by atoms with van der Waals surface area (Å²) in [4.78, 5) is 4.78. The minimum absolute atomic E-state index is 0.554. The molecular weight excluding hydrogens is 416 g/mol. The average Bonchev–Trinajstić information content (AvgIpc) is 3.18. The molecule has 5 rings (SSSR count). The first-order valence-electron chi connectivity index (χ1n) is 11.9. The van der Waals surface area contributed by atoms with Crippen LogP contribution in [0, 0.1) is 11.8 Å². The topological polar surface area (TPSA) is 48.4 Å². The van der Waals surface area contributed by atoms with Crippen LogP contribution < -0.4 is 15.5 Å². The van der Waals surface area contributed by atoms with Gasteiger partial charge in [-0.15, -0.1) is 0 Å². The lowest BCUT2D eigenvalue weighted by atomic mass is 9.74. The fourth-order valence-electron chi connectivity index (χ4n) is 5.16. The van der Waals surface area contributed by atoms with Crippen LogP contribution in [0.25, 0.3) is 11.3 Å². The Labute approximate surface area is 198 Å². The molecular formula is C25H38N6S. The van der Waals surface area contributed by atoms with E-state index in [1.807, 2.05) is 0 Å². The maximum Gasteiger partial charge on any atom is 0.166 e. The van der Waals surface area contributed by atoms with Gasteiger partial charge in [-0.3, -0.25) is 9.58 Å². The van der Waals surface area contributed by atoms with Crippen LogP contribution in [0.4, 0.5) is 5.69 Å². The van der Waals surface area contributed by atoms with Crippen molar-refractivity contribution in [2.45, 2.75) is 38.6 Å². The number of piperidine rings is 3. The fourth-order valence-corrected chi connectivity index (χ4v) is 5.32. The maximum absolute atomic E-state index is 5.46. The minimum Gasteiger partial charge on any atom is -0.378 e. The fraction of sp³-hybridized carbons (Fsp3) is 0.600. The van der Waals surface area contributed by atoms with Gasteiger partial charge >= 0.3 is 0 Å². The number of fused-ring (bicyclic) bond motifs is 3. The van der Waals surface area contributed by atoms with Crippen LogP contribution in [0.15, 0.2) is 30.3 Å². The first kappa shape index (κ1) is 23.1. The second-order valence-electron chi connectivity index (χ2n) is 10.0. The Hall–Kier alpha value is -2.12. The molecule has 174 valence electrons. The lowest BCUT2D eigenvalue weighted by Crippen LogP contribution is -2.56. The zero-order valence-corrected chi connectivity index (χ0v) is 21.0. The van der Waals surface area contributed by atoms with Gasteiger partial charge < -0.3 is 15.5 Å². The predicted octanol–water partition coefficient (Wildman–Crippen LogP) is 3.45. The molecule has 0 spiro atoms. The summed E-state index contributed by atoms with van der Waals surface area (Å²) in [6.45, 7) is 8.56. The number of benzene rings is 1. The summed E-state index contributed by atoms with van der Waals surface area (Å²) in [6.07, 6.45) is 2.50. The standard InChI is InChI=1S/C25H38N6S/c1-17(2)14-26-25(32)27-15-21-12-19-10-11-31(21)16-22(19)24-13-23(28-30(24)5)18-6-8-20(9-7-18)29(3)4/h6-9,13,17,19,21-22H,10-12,14-16H2,1-5H3,(H2,26,27,32). The number of nitrogens with zero attached hydrogens (tertiary/aromatic N) is 4. The molecule has 4 unspecified atom stereocenters. The molecule has 2 aromatic rings. The Bertz CT molecular complexity index is 919. The summed E-state index contributed by atoms with van der Waals surface area (Å²) in [5, 5.41) is 12.4. The number of hydrogen-bond donors (Lipinski definition) is 2. The summed E-state index contributed by atoms with van der Waals surface area (Å²) in [6, 6.07) is 11.6. The van der Waals surface area contributed by atoms with Crippen molar-refractivity contribution in [1.82, 2.24) is 25.3 Å². The Morgan fingerprint density at radius 1 is 1.22 bits per heavy atom. The number of aromatic nitrogens is 2. The van der Waals surface area contributed by atoms with Crippen LogP contribution >= 0.6 is 12.2 Å². The van der Waals surface area contributed by atoms with Gasteiger partial charge in [0.2, 0.25) is 0 Å². The van der Waals surface area contributed by atoms with Gasteiger partial charge in [-0.05, 0) is 61.6 Å². The molecule has 3 fully saturated rings. The van der Waals surface area contributed by atoms with E-state index in [0.29, 0.717) is 23.8 Å². The van der Waals surface area contributed by atoms with E-state index in [2.05, 4.69) is 90.4 Å². The lowest BCUT2D eigenvalue weighted by molar-refractivity contribution is 0.0303. The first-order valence-corrected chi connectivity index (χ1v) is 12.3. The molecule has 0 saturated carbocycles. The zero-order chi connectivity index (χ0) is 22.8. The molecule has 32 heavy (non-hydrogen) atoms. The number of anilines is 1. The Morgan fingerprint density at radius 3 is 2.59 bits per heavy atom. The summed E-state index contributed by atoms with van der Waals surface area (Å²) in [5.41, 5.74) is 4.83. The largest absolute Gasteiger partial charge is 0.378 e. The van der Waals surface area contributed by atoms with Gasteiger partial charge in [0.1, 0.15) is 0 Å². The minimum atomic E-state index is 0.554. The maximum atomic E-state index is 5.46. The van der Waals surface area contributed by atoms with E-state index < -0.39 is 0 Å². The van der Waals surface area contributed by atoms with Crippen molar-refractivity contribution in [3.63, 3.8) is 0 Å². The summed E-state index contributed by atoms with van der Waals surface area (Å²) >= 11 is 5.46. The molecule has 2 bridgehead atoms. The average molecular weight is 455 g/mol. The molecule has 4 atom stereocenters. The van der Waals surface area contributed by atoms with Crippen LogP contribution in [0.3, 0.4) is 0 Å². The van der Waals surface area contributed by atoms with Gasteiger partial charge in [-0.2, -0.15) is 5.10 Å². The Balaban J connectivity index is 1.39. The highest BCUT2D eigenvalue weighted by molar-refractivity contribution is 7.80. The summed E-state index contributed by atoms with van der Waals surface area (Å²) < 4.78 is 2.11. The van der Waals surface area contributed by atoms with Gasteiger partial charge in [-0.25, -0.2) is 0 Å². The van der Waals surface area contributed by atoms with E-state index in [-0.39, 0.29) is 0 Å². The molecule has 7 heteroatoms. The highest BCUT2D eigenvalue weighted by Gasteiger charge is 2.41. The molecule has 3 aliphatic rings. The second kappa shape index (κ2) is 9.79. The van der Waals surface area contributed by atoms with Crippen LogP contribution in [0.5, 0.6) is 0 Å². The van der Waals surface area contributed by atoms with Crippen molar-refractivity contribution in [1.29, 1.82) is 0 Å². The molecule has 0 radical (unpaired) electrons. The lowest BCUT2D eigenvalue weighted by Gasteiger charge is -2.50. The molecule has 4 heterocycles. The third kappa shape index (κ3) is 5.09. The normalized spacial score (nSPS) is 24.6. The van der Waals surface area contributed by atoms with Crippen LogP contribution in [-0.4, -0.2) is 66.1 Å². The molecule has 0 aliphatic carbocycles. The van der Waals surface area contributed by atoms with Crippen LogP contribution in [-0.2, 0) is 7.05 Å². The van der Waals surface area contributed by atoms with E-state index in [4.69, 9.17) is 17.3 Å². The SMILES string of the molecule is CC(C)CNC(=S)NCC1CC2CCN1CC2c1cc(-c2ccc(N(C)C)cc2)nn1C. The number of hydrogen-bond acceptors (Lipinski definition) is 4. The van der Waals surface area contributed by atoms with E-state index in [1.165, 1.54) is 36.3 Å². The van der Waals surface area contributed by atoms with Crippen molar-refractivity contribution < 1.29 is 0 Å². The second-order valence-corrected chi connectivity index (χ2v) is 10.5. The van der Waals surface area contributed by atoms with E-state index in [9.17, 15) is 0 Å². The molecule has 1 aromatic carbocycles. The molecule has 6 nitrogen and oxygen atoms in total. The van der Waals surface area contributed by atoms with Gasteiger partial charge in [0.05, 0.1) is 5.69 Å². The van der Waals surface area contributed by atoms with Crippen molar-refractivity contribution >= 4 is 23.0 Å².